The van der Waals surface area contributed by atoms with Gasteiger partial charge in [0.1, 0.15) is 0 Å². The fourth-order valence-corrected chi connectivity index (χ4v) is 5.19. The summed E-state index contributed by atoms with van der Waals surface area (Å²) in [6.07, 6.45) is 39.7. The van der Waals surface area contributed by atoms with Crippen LogP contribution >= 0.6 is 0 Å². The van der Waals surface area contributed by atoms with E-state index in [1.54, 1.807) is 6.08 Å². The fourth-order valence-electron chi connectivity index (χ4n) is 5.19. The first kappa shape index (κ1) is 38.9. The zero-order chi connectivity index (χ0) is 29.4. The molecule has 0 fully saturated rings. The Morgan fingerprint density at radius 2 is 0.975 bits per heavy atom. The van der Waals surface area contributed by atoms with Crippen molar-refractivity contribution >= 4 is 5.91 Å². The third-order valence-electron chi connectivity index (χ3n) is 7.94. The van der Waals surface area contributed by atoms with E-state index in [9.17, 15) is 15.0 Å². The third kappa shape index (κ3) is 28.4. The van der Waals surface area contributed by atoms with Gasteiger partial charge in [0.2, 0.25) is 5.91 Å². The average Bonchev–Trinajstić information content (AvgIpc) is 2.96. The van der Waals surface area contributed by atoms with Crippen molar-refractivity contribution in [3.63, 3.8) is 0 Å². The lowest BCUT2D eigenvalue weighted by Crippen LogP contribution is -2.45. The molecule has 3 N–H and O–H groups in total. The molecular formula is C36H69NO3. The van der Waals surface area contributed by atoms with Crippen LogP contribution in [0.3, 0.4) is 0 Å². The Morgan fingerprint density at radius 1 is 0.575 bits per heavy atom. The maximum atomic E-state index is 12.3. The molecule has 0 spiro atoms. The summed E-state index contributed by atoms with van der Waals surface area (Å²) in [5.74, 6) is -0.0745. The number of hydrogen-bond acceptors (Lipinski definition) is 3. The molecule has 0 saturated carbocycles. The molecule has 0 aliphatic carbocycles. The Bertz CT molecular complexity index is 574. The lowest BCUT2D eigenvalue weighted by molar-refractivity contribution is -0.123. The van der Waals surface area contributed by atoms with E-state index >= 15 is 0 Å². The van der Waals surface area contributed by atoms with Crippen molar-refractivity contribution in [2.45, 2.75) is 193 Å². The van der Waals surface area contributed by atoms with Crippen LogP contribution in [0.4, 0.5) is 0 Å². The van der Waals surface area contributed by atoms with Gasteiger partial charge in [-0.3, -0.25) is 4.79 Å². The van der Waals surface area contributed by atoms with E-state index in [2.05, 4.69) is 31.3 Å². The van der Waals surface area contributed by atoms with Crippen LogP contribution in [-0.4, -0.2) is 34.9 Å². The van der Waals surface area contributed by atoms with Crippen molar-refractivity contribution in [3.8, 4) is 0 Å². The van der Waals surface area contributed by atoms with Gasteiger partial charge in [0.05, 0.1) is 18.8 Å². The van der Waals surface area contributed by atoms with Crippen LogP contribution in [0.2, 0.25) is 0 Å². The predicted octanol–water partition coefficient (Wildman–Crippen LogP) is 10.1. The first-order valence-electron chi connectivity index (χ1n) is 17.6. The van der Waals surface area contributed by atoms with Gasteiger partial charge in [-0.1, -0.05) is 167 Å². The molecule has 2 atom stereocenters. The SMILES string of the molecule is CCCCCCCCC/C=C/CC/C=C/C(O)C(CO)NC(=O)CCCCCCCCCCCCCCCCC. The van der Waals surface area contributed by atoms with Crippen LogP contribution < -0.4 is 5.32 Å². The van der Waals surface area contributed by atoms with Gasteiger partial charge in [0.15, 0.2) is 0 Å². The summed E-state index contributed by atoms with van der Waals surface area (Å²) >= 11 is 0. The minimum atomic E-state index is -0.855. The second-order valence-electron chi connectivity index (χ2n) is 11.9. The molecule has 0 saturated heterocycles. The van der Waals surface area contributed by atoms with Crippen LogP contribution in [0.5, 0.6) is 0 Å². The Balaban J connectivity index is 3.66. The highest BCUT2D eigenvalue weighted by atomic mass is 16.3. The molecule has 1 amide bonds. The standard InChI is InChI=1S/C36H69NO3/c1-3-5-7-9-11-13-15-17-18-20-22-24-26-28-30-32-36(40)37-34(33-38)35(39)31-29-27-25-23-21-19-16-14-12-10-8-6-4-2/h21,23,29,31,34-35,38-39H,3-20,22,24-28,30,32-33H2,1-2H3,(H,37,40)/b23-21+,31-29+. The van der Waals surface area contributed by atoms with E-state index in [1.807, 2.05) is 6.08 Å². The van der Waals surface area contributed by atoms with Crippen molar-refractivity contribution < 1.29 is 15.0 Å². The van der Waals surface area contributed by atoms with Crippen molar-refractivity contribution in [1.29, 1.82) is 0 Å². The number of allylic oxidation sites excluding steroid dienone is 3. The molecule has 0 aromatic rings. The van der Waals surface area contributed by atoms with Gasteiger partial charge < -0.3 is 15.5 Å². The van der Waals surface area contributed by atoms with E-state index in [1.165, 1.54) is 128 Å². The van der Waals surface area contributed by atoms with E-state index in [4.69, 9.17) is 0 Å². The maximum absolute atomic E-state index is 12.3. The second kappa shape index (κ2) is 32.4. The molecule has 0 radical (unpaired) electrons. The number of carbonyl (C=O) groups excluding carboxylic acids is 1. The number of nitrogens with one attached hydrogen (secondary N) is 1. The van der Waals surface area contributed by atoms with E-state index in [0.717, 1.165) is 32.1 Å². The summed E-state index contributed by atoms with van der Waals surface area (Å²) in [4.78, 5) is 12.3. The molecular weight excluding hydrogens is 494 g/mol. The molecule has 4 nitrogen and oxygen atoms in total. The van der Waals surface area contributed by atoms with Crippen LogP contribution in [0.1, 0.15) is 181 Å². The number of carbonyl (C=O) groups is 1. The van der Waals surface area contributed by atoms with E-state index in [-0.39, 0.29) is 12.5 Å². The largest absolute Gasteiger partial charge is 0.394 e. The number of aliphatic hydroxyl groups is 2. The monoisotopic (exact) mass is 564 g/mol. The van der Waals surface area contributed by atoms with Crippen molar-refractivity contribution in [1.82, 2.24) is 5.32 Å². The molecule has 0 rings (SSSR count). The zero-order valence-corrected chi connectivity index (χ0v) is 26.9. The Labute approximate surface area is 249 Å². The highest BCUT2D eigenvalue weighted by Gasteiger charge is 2.17. The zero-order valence-electron chi connectivity index (χ0n) is 26.9. The van der Waals surface area contributed by atoms with Crippen LogP contribution in [0.15, 0.2) is 24.3 Å². The quantitative estimate of drug-likeness (QED) is 0.0580. The summed E-state index contributed by atoms with van der Waals surface area (Å²) in [7, 11) is 0. The fraction of sp³-hybridized carbons (Fsp3) is 0.861. The Kier molecular flexibility index (Phi) is 31.5. The van der Waals surface area contributed by atoms with Crippen LogP contribution in [0, 0.1) is 0 Å². The lowest BCUT2D eigenvalue weighted by Gasteiger charge is -2.19. The molecule has 0 bridgehead atoms. The van der Waals surface area contributed by atoms with Gasteiger partial charge in [-0.2, -0.15) is 0 Å². The summed E-state index contributed by atoms with van der Waals surface area (Å²) in [5, 5.41) is 22.8. The molecule has 0 aromatic heterocycles. The third-order valence-corrected chi connectivity index (χ3v) is 7.94. The molecule has 0 aromatic carbocycles. The molecule has 0 aliphatic rings. The van der Waals surface area contributed by atoms with Crippen molar-refractivity contribution in [3.05, 3.63) is 24.3 Å². The molecule has 2 unspecified atom stereocenters. The summed E-state index contributed by atoms with van der Waals surface area (Å²) in [5.41, 5.74) is 0. The topological polar surface area (TPSA) is 69.6 Å². The van der Waals surface area contributed by atoms with Gasteiger partial charge in [-0.15, -0.1) is 0 Å². The van der Waals surface area contributed by atoms with E-state index in [0.29, 0.717) is 6.42 Å². The predicted molar refractivity (Wildman–Crippen MR) is 175 cm³/mol. The van der Waals surface area contributed by atoms with Crippen LogP contribution in [-0.2, 0) is 4.79 Å². The summed E-state index contributed by atoms with van der Waals surface area (Å²) in [6.45, 7) is 4.27. The minimum Gasteiger partial charge on any atom is -0.394 e. The first-order valence-corrected chi connectivity index (χ1v) is 17.6. The lowest BCUT2D eigenvalue weighted by atomic mass is 10.0. The van der Waals surface area contributed by atoms with Crippen LogP contribution in [0.25, 0.3) is 0 Å². The molecule has 4 heteroatoms. The number of rotatable bonds is 31. The molecule has 0 aliphatic heterocycles. The normalized spacial score (nSPS) is 13.4. The summed E-state index contributed by atoms with van der Waals surface area (Å²) in [6, 6.07) is -0.632. The van der Waals surface area contributed by atoms with Gasteiger partial charge in [0.25, 0.3) is 0 Å². The smallest absolute Gasteiger partial charge is 0.220 e. The highest BCUT2D eigenvalue weighted by molar-refractivity contribution is 5.76. The first-order chi connectivity index (χ1) is 19.7. The average molecular weight is 564 g/mol. The number of amides is 1. The molecule has 236 valence electrons. The van der Waals surface area contributed by atoms with Crippen molar-refractivity contribution in [2.75, 3.05) is 6.61 Å². The summed E-state index contributed by atoms with van der Waals surface area (Å²) < 4.78 is 0. The Morgan fingerprint density at radius 3 is 1.45 bits per heavy atom. The van der Waals surface area contributed by atoms with Gasteiger partial charge in [-0.05, 0) is 32.1 Å². The molecule has 40 heavy (non-hydrogen) atoms. The molecule has 0 heterocycles. The van der Waals surface area contributed by atoms with Gasteiger partial charge >= 0.3 is 0 Å². The maximum Gasteiger partial charge on any atom is 0.220 e. The van der Waals surface area contributed by atoms with Gasteiger partial charge in [0, 0.05) is 6.42 Å². The number of aliphatic hydroxyl groups excluding tert-OH is 2. The van der Waals surface area contributed by atoms with E-state index < -0.39 is 12.1 Å². The van der Waals surface area contributed by atoms with Gasteiger partial charge in [-0.25, -0.2) is 0 Å². The highest BCUT2D eigenvalue weighted by Crippen LogP contribution is 2.14. The van der Waals surface area contributed by atoms with Crippen molar-refractivity contribution in [2.24, 2.45) is 0 Å². The Hall–Kier alpha value is -1.13. The number of unbranched alkanes of at least 4 members (excludes halogenated alkanes) is 22. The number of hydrogen-bond donors (Lipinski definition) is 3. The minimum absolute atomic E-state index is 0.0745. The second-order valence-corrected chi connectivity index (χ2v) is 11.9.